The van der Waals surface area contributed by atoms with E-state index in [1.165, 1.54) is 141 Å². The number of rotatable bonds is 42. The number of unbranched alkanes of at least 4 members (excludes halogenated alkanes) is 23. The van der Waals surface area contributed by atoms with E-state index in [4.69, 9.17) is 24.3 Å². The van der Waals surface area contributed by atoms with Crippen molar-refractivity contribution < 1.29 is 32.8 Å². The minimum absolute atomic E-state index is 0.0974. The number of esters is 1. The van der Waals surface area contributed by atoms with Gasteiger partial charge >= 0.3 is 13.8 Å². The maximum Gasteiger partial charge on any atom is 0.472 e. The molecule has 3 N–H and O–H groups in total. The van der Waals surface area contributed by atoms with E-state index < -0.39 is 13.9 Å². The highest BCUT2D eigenvalue weighted by atomic mass is 31.2. The number of hydrogen-bond acceptors (Lipinski definition) is 7. The second-order valence-corrected chi connectivity index (χ2v) is 16.0. The third kappa shape index (κ3) is 41.7. The molecule has 0 aromatic carbocycles. The number of hydrogen-bond donors (Lipinski definition) is 2. The first-order chi connectivity index (χ1) is 25.9. The minimum Gasteiger partial charge on any atom is -0.457 e. The molecule has 0 spiro atoms. The van der Waals surface area contributed by atoms with E-state index in [0.29, 0.717) is 13.0 Å². The first kappa shape index (κ1) is 51.7. The second-order valence-electron chi connectivity index (χ2n) is 14.6. The molecule has 0 heterocycles. The minimum atomic E-state index is -4.28. The molecular formula is C44H84NO7P. The lowest BCUT2D eigenvalue weighted by molar-refractivity contribution is -0.154. The van der Waals surface area contributed by atoms with Crippen molar-refractivity contribution in [1.82, 2.24) is 0 Å². The van der Waals surface area contributed by atoms with E-state index in [9.17, 15) is 14.3 Å². The van der Waals surface area contributed by atoms with E-state index in [1.807, 2.05) is 0 Å². The van der Waals surface area contributed by atoms with Crippen LogP contribution < -0.4 is 5.73 Å². The standard InChI is InChI=1S/C44H84NO7P/c1-3-5-7-9-11-13-15-17-19-20-21-22-23-25-27-29-31-33-35-37-44(46)52-43(42-51-53(47,48)50-40-38-45)41-49-39-36-34-32-30-28-26-24-18-16-14-12-10-8-6-4-2/h11,13,16-19,43H,3-10,12,14-15,20-42,45H2,1-2H3,(H,47,48)/b13-11-,18-16-,19-17-. The van der Waals surface area contributed by atoms with E-state index in [1.54, 1.807) is 0 Å². The highest BCUT2D eigenvalue weighted by Crippen LogP contribution is 2.43. The molecule has 53 heavy (non-hydrogen) atoms. The summed E-state index contributed by atoms with van der Waals surface area (Å²) in [6.07, 6.45) is 47.3. The summed E-state index contributed by atoms with van der Waals surface area (Å²) in [7, 11) is -4.28. The zero-order chi connectivity index (χ0) is 38.8. The lowest BCUT2D eigenvalue weighted by Gasteiger charge is -2.20. The molecule has 9 heteroatoms. The van der Waals surface area contributed by atoms with Crippen LogP contribution in [0.25, 0.3) is 0 Å². The number of phosphoric acid groups is 1. The zero-order valence-corrected chi connectivity index (χ0v) is 35.4. The van der Waals surface area contributed by atoms with Gasteiger partial charge in [-0.3, -0.25) is 13.8 Å². The Morgan fingerprint density at radius 2 is 1.00 bits per heavy atom. The summed E-state index contributed by atoms with van der Waals surface area (Å²) in [6.45, 7) is 4.88. The van der Waals surface area contributed by atoms with Crippen LogP contribution in [0.4, 0.5) is 0 Å². The van der Waals surface area contributed by atoms with E-state index >= 15 is 0 Å². The topological polar surface area (TPSA) is 117 Å². The smallest absolute Gasteiger partial charge is 0.457 e. The molecule has 0 aliphatic carbocycles. The molecule has 2 atom stereocenters. The third-order valence-electron chi connectivity index (χ3n) is 9.28. The summed E-state index contributed by atoms with van der Waals surface area (Å²) >= 11 is 0. The van der Waals surface area contributed by atoms with Gasteiger partial charge < -0.3 is 20.1 Å². The molecule has 0 bridgehead atoms. The molecule has 8 nitrogen and oxygen atoms in total. The van der Waals surface area contributed by atoms with Gasteiger partial charge in [-0.2, -0.15) is 0 Å². The summed E-state index contributed by atoms with van der Waals surface area (Å²) in [4.78, 5) is 22.5. The highest BCUT2D eigenvalue weighted by molar-refractivity contribution is 7.47. The lowest BCUT2D eigenvalue weighted by atomic mass is 10.1. The van der Waals surface area contributed by atoms with Gasteiger partial charge in [-0.15, -0.1) is 0 Å². The Morgan fingerprint density at radius 3 is 1.53 bits per heavy atom. The fraction of sp³-hybridized carbons (Fsp3) is 0.841. The van der Waals surface area contributed by atoms with Crippen LogP contribution in [-0.4, -0.2) is 49.9 Å². The summed E-state index contributed by atoms with van der Waals surface area (Å²) in [5.41, 5.74) is 5.37. The number of carbonyl (C=O) groups is 1. The molecule has 0 saturated heterocycles. The van der Waals surface area contributed by atoms with E-state index in [0.717, 1.165) is 38.5 Å². The van der Waals surface area contributed by atoms with E-state index in [-0.39, 0.29) is 32.3 Å². The van der Waals surface area contributed by atoms with Crippen molar-refractivity contribution >= 4 is 13.8 Å². The third-order valence-corrected chi connectivity index (χ3v) is 10.3. The van der Waals surface area contributed by atoms with E-state index in [2.05, 4.69) is 50.3 Å². The Bertz CT molecular complexity index is 910. The summed E-state index contributed by atoms with van der Waals surface area (Å²) in [6, 6.07) is 0. The first-order valence-electron chi connectivity index (χ1n) is 22.0. The molecule has 2 unspecified atom stereocenters. The molecule has 0 rings (SSSR count). The second kappa shape index (κ2) is 41.9. The summed E-state index contributed by atoms with van der Waals surface area (Å²) in [5.74, 6) is -0.336. The Labute approximate surface area is 327 Å². The maximum atomic E-state index is 12.6. The predicted molar refractivity (Wildman–Crippen MR) is 224 cm³/mol. The number of phosphoric ester groups is 1. The average molecular weight is 770 g/mol. The van der Waals surface area contributed by atoms with Crippen LogP contribution in [0.1, 0.15) is 200 Å². The molecule has 0 radical (unpaired) electrons. The van der Waals surface area contributed by atoms with Crippen molar-refractivity contribution in [2.45, 2.75) is 206 Å². The Hall–Kier alpha value is -1.28. The molecule has 0 aliphatic rings. The predicted octanol–water partition coefficient (Wildman–Crippen LogP) is 13.0. The molecule has 0 saturated carbocycles. The fourth-order valence-corrected chi connectivity index (χ4v) is 6.79. The van der Waals surface area contributed by atoms with Crippen LogP contribution in [0.2, 0.25) is 0 Å². The van der Waals surface area contributed by atoms with Gasteiger partial charge in [0, 0.05) is 19.6 Å². The lowest BCUT2D eigenvalue weighted by Crippen LogP contribution is -2.28. The van der Waals surface area contributed by atoms with Gasteiger partial charge in [0.05, 0.1) is 19.8 Å². The van der Waals surface area contributed by atoms with Crippen molar-refractivity contribution in [1.29, 1.82) is 0 Å². The van der Waals surface area contributed by atoms with Crippen molar-refractivity contribution in [3.63, 3.8) is 0 Å². The molecule has 0 aromatic heterocycles. The van der Waals surface area contributed by atoms with Crippen LogP contribution in [0.15, 0.2) is 36.5 Å². The largest absolute Gasteiger partial charge is 0.472 e. The number of nitrogens with two attached hydrogens (primary N) is 1. The van der Waals surface area contributed by atoms with Gasteiger partial charge in [0.1, 0.15) is 6.10 Å². The normalized spacial score (nSPS) is 13.8. The highest BCUT2D eigenvalue weighted by Gasteiger charge is 2.25. The molecule has 0 amide bonds. The number of allylic oxidation sites excluding steroid dienone is 6. The van der Waals surface area contributed by atoms with Gasteiger partial charge in [-0.1, -0.05) is 159 Å². The van der Waals surface area contributed by atoms with Crippen LogP contribution in [0.5, 0.6) is 0 Å². The van der Waals surface area contributed by atoms with Crippen LogP contribution >= 0.6 is 7.82 Å². The molecular weight excluding hydrogens is 685 g/mol. The Kier molecular flexibility index (Phi) is 40.9. The quantitative estimate of drug-likeness (QED) is 0.0273. The van der Waals surface area contributed by atoms with Crippen LogP contribution in [-0.2, 0) is 27.9 Å². The molecule has 0 aliphatic heterocycles. The van der Waals surface area contributed by atoms with Gasteiger partial charge in [0.15, 0.2) is 0 Å². The molecule has 0 fully saturated rings. The summed E-state index contributed by atoms with van der Waals surface area (Å²) in [5, 5.41) is 0. The SMILES string of the molecule is CCCCC/C=C\C/C=C\CCCCCCCCCCCC(=O)OC(COCCCCCCCC/C=C\CCCCCCC)COP(=O)(O)OCCN. The van der Waals surface area contributed by atoms with Crippen LogP contribution in [0.3, 0.4) is 0 Å². The van der Waals surface area contributed by atoms with Crippen molar-refractivity contribution in [3.8, 4) is 0 Å². The monoisotopic (exact) mass is 770 g/mol. The van der Waals surface area contributed by atoms with Gasteiger partial charge in [-0.05, 0) is 70.6 Å². The molecule has 0 aromatic rings. The first-order valence-corrected chi connectivity index (χ1v) is 23.5. The van der Waals surface area contributed by atoms with Crippen molar-refractivity contribution in [2.24, 2.45) is 5.73 Å². The van der Waals surface area contributed by atoms with Gasteiger partial charge in [0.25, 0.3) is 0 Å². The number of ether oxygens (including phenoxy) is 2. The fourth-order valence-electron chi connectivity index (χ4n) is 6.02. The molecule has 312 valence electrons. The van der Waals surface area contributed by atoms with Crippen molar-refractivity contribution in [3.05, 3.63) is 36.5 Å². The maximum absolute atomic E-state index is 12.6. The Morgan fingerprint density at radius 1 is 0.566 bits per heavy atom. The summed E-state index contributed by atoms with van der Waals surface area (Å²) < 4.78 is 33.4. The van der Waals surface area contributed by atoms with Gasteiger partial charge in [0.2, 0.25) is 0 Å². The zero-order valence-electron chi connectivity index (χ0n) is 34.5. The average Bonchev–Trinajstić information content (AvgIpc) is 3.15. The number of carbonyl (C=O) groups excluding carboxylic acids is 1. The Balaban J connectivity index is 4.03. The van der Waals surface area contributed by atoms with Crippen molar-refractivity contribution in [2.75, 3.05) is 33.0 Å². The van der Waals surface area contributed by atoms with Crippen LogP contribution in [0, 0.1) is 0 Å². The van der Waals surface area contributed by atoms with Gasteiger partial charge in [-0.25, -0.2) is 4.57 Å².